The van der Waals surface area contributed by atoms with Crippen LogP contribution < -0.4 is 5.32 Å². The van der Waals surface area contributed by atoms with Gasteiger partial charge in [-0.15, -0.1) is 0 Å². The van der Waals surface area contributed by atoms with Crippen molar-refractivity contribution in [2.45, 2.75) is 302 Å². The molecule has 0 bridgehead atoms. The van der Waals surface area contributed by atoms with Crippen molar-refractivity contribution in [3.63, 3.8) is 0 Å². The summed E-state index contributed by atoms with van der Waals surface area (Å²) in [6.45, 7) is 4.86. The van der Waals surface area contributed by atoms with Crippen molar-refractivity contribution in [2.75, 3.05) is 13.2 Å². The lowest BCUT2D eigenvalue weighted by atomic mass is 10.0. The summed E-state index contributed by atoms with van der Waals surface area (Å²) in [5, 5.41) is 23.0. The van der Waals surface area contributed by atoms with Gasteiger partial charge in [0.2, 0.25) is 5.91 Å². The fourth-order valence-corrected chi connectivity index (χ4v) is 8.22. The second kappa shape index (κ2) is 49.3. The van der Waals surface area contributed by atoms with Crippen LogP contribution in [-0.2, 0) is 14.3 Å². The lowest BCUT2D eigenvalue weighted by Crippen LogP contribution is -2.45. The molecule has 0 aliphatic rings. The monoisotopic (exact) mass is 834 g/mol. The maximum absolute atomic E-state index is 12.4. The van der Waals surface area contributed by atoms with Gasteiger partial charge < -0.3 is 20.3 Å². The molecule has 0 aromatic rings. The quantitative estimate of drug-likeness (QED) is 0.0322. The smallest absolute Gasteiger partial charge is 0.305 e. The molecule has 0 saturated carbocycles. The summed E-state index contributed by atoms with van der Waals surface area (Å²) in [5.74, 6) is -0.106. The minimum atomic E-state index is -0.857. The molecule has 350 valence electrons. The number of aliphatic hydroxyl groups excluding tert-OH is 2. The van der Waals surface area contributed by atoms with Gasteiger partial charge in [0.15, 0.2) is 0 Å². The lowest BCUT2D eigenvalue weighted by molar-refractivity contribution is -0.143. The van der Waals surface area contributed by atoms with E-state index >= 15 is 0 Å². The molecule has 0 aromatic heterocycles. The summed E-state index contributed by atoms with van der Waals surface area (Å²) in [4.78, 5) is 24.5. The van der Waals surface area contributed by atoms with Gasteiger partial charge in [0.05, 0.1) is 25.4 Å². The largest absolute Gasteiger partial charge is 0.466 e. The molecule has 0 rings (SSSR count). The Morgan fingerprint density at radius 3 is 1.15 bits per heavy atom. The van der Waals surface area contributed by atoms with Crippen molar-refractivity contribution in [1.29, 1.82) is 0 Å². The number of amides is 1. The van der Waals surface area contributed by atoms with Gasteiger partial charge >= 0.3 is 5.97 Å². The first kappa shape index (κ1) is 57.6. The van der Waals surface area contributed by atoms with E-state index in [1.54, 1.807) is 6.08 Å². The van der Waals surface area contributed by atoms with Gasteiger partial charge in [-0.05, 0) is 32.1 Å². The van der Waals surface area contributed by atoms with Crippen LogP contribution in [0.4, 0.5) is 0 Å². The second-order valence-corrected chi connectivity index (χ2v) is 18.2. The number of aliphatic hydroxyl groups is 2. The molecule has 0 saturated heterocycles. The average molecular weight is 834 g/mol. The van der Waals surface area contributed by atoms with E-state index in [-0.39, 0.29) is 18.5 Å². The summed E-state index contributed by atoms with van der Waals surface area (Å²) in [5.41, 5.74) is 0. The van der Waals surface area contributed by atoms with Crippen LogP contribution in [0.2, 0.25) is 0 Å². The van der Waals surface area contributed by atoms with Crippen molar-refractivity contribution in [2.24, 2.45) is 0 Å². The predicted molar refractivity (Wildman–Crippen MR) is 255 cm³/mol. The first-order valence-corrected chi connectivity index (χ1v) is 26.5. The molecule has 1 amide bonds. The van der Waals surface area contributed by atoms with Crippen LogP contribution in [-0.4, -0.2) is 47.4 Å². The van der Waals surface area contributed by atoms with Crippen LogP contribution in [0.3, 0.4) is 0 Å². The maximum Gasteiger partial charge on any atom is 0.305 e. The molecule has 2 unspecified atom stereocenters. The number of esters is 1. The highest BCUT2D eigenvalue weighted by Gasteiger charge is 2.18. The number of carbonyl (C=O) groups excluding carboxylic acids is 2. The Balaban J connectivity index is 3.48. The lowest BCUT2D eigenvalue weighted by Gasteiger charge is -2.20. The van der Waals surface area contributed by atoms with E-state index in [1.165, 1.54) is 205 Å². The van der Waals surface area contributed by atoms with Crippen LogP contribution in [0.15, 0.2) is 12.2 Å². The molecule has 0 aromatic carbocycles. The van der Waals surface area contributed by atoms with Gasteiger partial charge in [0.25, 0.3) is 0 Å². The first-order valence-electron chi connectivity index (χ1n) is 26.5. The molecular weight excluding hydrogens is 731 g/mol. The van der Waals surface area contributed by atoms with Crippen molar-refractivity contribution < 1.29 is 24.5 Å². The molecule has 6 nitrogen and oxygen atoms in total. The van der Waals surface area contributed by atoms with Crippen molar-refractivity contribution >= 4 is 11.9 Å². The Labute approximate surface area is 368 Å². The number of hydrogen-bond donors (Lipinski definition) is 3. The third-order valence-electron chi connectivity index (χ3n) is 12.3. The Kier molecular flexibility index (Phi) is 48.1. The number of rotatable bonds is 49. The molecule has 0 radical (unpaired) electrons. The van der Waals surface area contributed by atoms with Crippen molar-refractivity contribution in [1.82, 2.24) is 5.32 Å². The van der Waals surface area contributed by atoms with Gasteiger partial charge in [-0.25, -0.2) is 0 Å². The van der Waals surface area contributed by atoms with E-state index in [4.69, 9.17) is 4.74 Å². The number of unbranched alkanes of at least 4 members (excludes halogenated alkanes) is 38. The summed E-state index contributed by atoms with van der Waals surface area (Å²) in [6, 6.07) is -0.643. The zero-order chi connectivity index (χ0) is 43.0. The van der Waals surface area contributed by atoms with E-state index in [0.29, 0.717) is 19.4 Å². The van der Waals surface area contributed by atoms with Crippen molar-refractivity contribution in [3.05, 3.63) is 12.2 Å². The van der Waals surface area contributed by atoms with Gasteiger partial charge in [0, 0.05) is 12.8 Å². The fraction of sp³-hybridized carbons (Fsp3) is 0.925. The zero-order valence-electron chi connectivity index (χ0n) is 39.7. The zero-order valence-corrected chi connectivity index (χ0v) is 39.7. The number of nitrogens with one attached hydrogen (secondary N) is 1. The summed E-state index contributed by atoms with van der Waals surface area (Å²) in [6.07, 6.45) is 56.4. The third kappa shape index (κ3) is 45.9. The Hall–Kier alpha value is -1.40. The molecule has 0 fully saturated rings. The maximum atomic E-state index is 12.4. The van der Waals surface area contributed by atoms with Gasteiger partial charge in [-0.3, -0.25) is 9.59 Å². The molecule has 0 spiro atoms. The van der Waals surface area contributed by atoms with Crippen LogP contribution in [0.1, 0.15) is 290 Å². The summed E-state index contributed by atoms with van der Waals surface area (Å²) in [7, 11) is 0. The number of allylic oxidation sites excluding steroid dienone is 1. The molecule has 3 N–H and O–H groups in total. The summed E-state index contributed by atoms with van der Waals surface area (Å²) >= 11 is 0. The highest BCUT2D eigenvalue weighted by molar-refractivity contribution is 5.76. The Morgan fingerprint density at radius 2 is 0.780 bits per heavy atom. The summed E-state index contributed by atoms with van der Waals surface area (Å²) < 4.78 is 5.47. The third-order valence-corrected chi connectivity index (χ3v) is 12.3. The minimum absolute atomic E-state index is 0.0167. The SMILES string of the molecule is CCCCCCCCCCCCCCC/C=C/C(O)C(CO)NC(=O)CCCCCCCCCCCCOC(=O)CCCCCCCCCCCCCCCCCCC. The first-order chi connectivity index (χ1) is 29.0. The topological polar surface area (TPSA) is 95.9 Å². The highest BCUT2D eigenvalue weighted by Crippen LogP contribution is 2.16. The molecule has 0 aliphatic heterocycles. The molecule has 2 atom stereocenters. The predicted octanol–water partition coefficient (Wildman–Crippen LogP) is 15.7. The minimum Gasteiger partial charge on any atom is -0.466 e. The van der Waals surface area contributed by atoms with E-state index < -0.39 is 12.1 Å². The highest BCUT2D eigenvalue weighted by atomic mass is 16.5. The van der Waals surface area contributed by atoms with Crippen LogP contribution in [0.25, 0.3) is 0 Å². The van der Waals surface area contributed by atoms with Gasteiger partial charge in [-0.2, -0.15) is 0 Å². The van der Waals surface area contributed by atoms with Gasteiger partial charge in [-0.1, -0.05) is 257 Å². The number of ether oxygens (including phenoxy) is 1. The molecule has 0 aliphatic carbocycles. The van der Waals surface area contributed by atoms with E-state index in [2.05, 4.69) is 19.2 Å². The number of hydrogen-bond acceptors (Lipinski definition) is 5. The van der Waals surface area contributed by atoms with Crippen LogP contribution in [0.5, 0.6) is 0 Å². The van der Waals surface area contributed by atoms with Gasteiger partial charge in [0.1, 0.15) is 0 Å². The Morgan fingerprint density at radius 1 is 0.458 bits per heavy atom. The normalized spacial score (nSPS) is 12.7. The number of carbonyl (C=O) groups is 2. The average Bonchev–Trinajstić information content (AvgIpc) is 3.24. The van der Waals surface area contributed by atoms with Crippen molar-refractivity contribution in [3.8, 4) is 0 Å². The molecule has 0 heterocycles. The fourth-order valence-electron chi connectivity index (χ4n) is 8.22. The second-order valence-electron chi connectivity index (χ2n) is 18.2. The molecule has 59 heavy (non-hydrogen) atoms. The Bertz CT molecular complexity index is 878. The van der Waals surface area contributed by atoms with E-state index in [9.17, 15) is 19.8 Å². The van der Waals surface area contributed by atoms with Crippen LogP contribution >= 0.6 is 0 Å². The van der Waals surface area contributed by atoms with E-state index in [1.807, 2.05) is 6.08 Å². The molecule has 6 heteroatoms. The van der Waals surface area contributed by atoms with Crippen LogP contribution in [0, 0.1) is 0 Å². The standard InChI is InChI=1S/C53H103NO5/c1-3-5-7-9-11-13-15-17-19-20-22-24-26-31-35-39-43-47-53(58)59-48-44-40-36-32-28-27-30-34-38-42-46-52(57)54-50(49-55)51(56)45-41-37-33-29-25-23-21-18-16-14-12-10-8-6-4-2/h41,45,50-51,55-56H,3-40,42-44,46-49H2,1-2H3,(H,54,57)/b45-41+. The van der Waals surface area contributed by atoms with E-state index in [0.717, 1.165) is 57.8 Å². The molecular formula is C53H103NO5.